The summed E-state index contributed by atoms with van der Waals surface area (Å²) in [6, 6.07) is 5.66. The fourth-order valence-corrected chi connectivity index (χ4v) is 2.62. The predicted molar refractivity (Wildman–Crippen MR) is 78.8 cm³/mol. The van der Waals surface area contributed by atoms with Gasteiger partial charge in [-0.15, -0.1) is 0 Å². The highest BCUT2D eigenvalue weighted by Crippen LogP contribution is 2.18. The van der Waals surface area contributed by atoms with Gasteiger partial charge >= 0.3 is 5.76 Å². The maximum atomic E-state index is 12.9. The van der Waals surface area contributed by atoms with Crippen molar-refractivity contribution >= 4 is 5.91 Å². The summed E-state index contributed by atoms with van der Waals surface area (Å²) in [7, 11) is 0. The van der Waals surface area contributed by atoms with Gasteiger partial charge in [0.15, 0.2) is 5.76 Å². The number of carbonyl (C=O) groups is 1. The number of piperidine rings is 1. The van der Waals surface area contributed by atoms with E-state index < -0.39 is 5.76 Å². The number of hydrogen-bond acceptors (Lipinski definition) is 3. The fraction of sp³-hybridized carbons (Fsp3) is 0.375. The van der Waals surface area contributed by atoms with Gasteiger partial charge < -0.3 is 9.32 Å². The predicted octanol–water partition coefficient (Wildman–Crippen LogP) is 2.26. The van der Waals surface area contributed by atoms with Crippen molar-refractivity contribution in [1.82, 2.24) is 9.47 Å². The smallest absolute Gasteiger partial charge is 0.408 e. The largest absolute Gasteiger partial charge is 0.419 e. The van der Waals surface area contributed by atoms with E-state index in [1.807, 2.05) is 0 Å². The number of carbonyl (C=O) groups excluding carboxylic acids is 1. The van der Waals surface area contributed by atoms with Gasteiger partial charge in [-0.1, -0.05) is 0 Å². The molecule has 0 atom stereocenters. The van der Waals surface area contributed by atoms with E-state index in [1.165, 1.54) is 35.0 Å². The molecule has 2 aromatic rings. The average molecular weight is 304 g/mol. The topological polar surface area (TPSA) is 55.5 Å². The first-order valence-corrected chi connectivity index (χ1v) is 7.37. The highest BCUT2D eigenvalue weighted by molar-refractivity contribution is 5.76. The Morgan fingerprint density at radius 3 is 2.50 bits per heavy atom. The molecule has 0 spiro atoms. The van der Waals surface area contributed by atoms with Gasteiger partial charge in [0.2, 0.25) is 5.91 Å². The van der Waals surface area contributed by atoms with Crippen molar-refractivity contribution in [1.29, 1.82) is 0 Å². The zero-order valence-corrected chi connectivity index (χ0v) is 12.1. The Labute approximate surface area is 127 Å². The molecule has 1 fully saturated rings. The van der Waals surface area contributed by atoms with Crippen LogP contribution in [-0.2, 0) is 11.3 Å². The van der Waals surface area contributed by atoms with E-state index in [4.69, 9.17) is 4.42 Å². The second-order valence-corrected chi connectivity index (χ2v) is 5.44. The van der Waals surface area contributed by atoms with Gasteiger partial charge in [0.1, 0.15) is 12.4 Å². The van der Waals surface area contributed by atoms with Gasteiger partial charge in [0.05, 0.1) is 6.20 Å². The van der Waals surface area contributed by atoms with E-state index in [9.17, 15) is 14.0 Å². The number of oxazole rings is 1. The summed E-state index contributed by atoms with van der Waals surface area (Å²) >= 11 is 0. The number of nitrogens with zero attached hydrogens (tertiary/aromatic N) is 2. The molecule has 0 aliphatic carbocycles. The standard InChI is InChI=1S/C16H17FN2O3/c17-13-6-4-12(5-7-13)14-10-19(16(21)22-14)11-15(20)18-8-2-1-3-9-18/h4-7,10H,1-3,8-9,11H2. The van der Waals surface area contributed by atoms with Gasteiger partial charge in [-0.25, -0.2) is 9.18 Å². The molecular formula is C16H17FN2O3. The molecule has 0 saturated carbocycles. The van der Waals surface area contributed by atoms with Gasteiger partial charge in [-0.2, -0.15) is 0 Å². The molecule has 0 radical (unpaired) electrons. The first kappa shape index (κ1) is 14.6. The Kier molecular flexibility index (Phi) is 4.09. The molecule has 5 nitrogen and oxygen atoms in total. The second-order valence-electron chi connectivity index (χ2n) is 5.44. The Balaban J connectivity index is 1.76. The summed E-state index contributed by atoms with van der Waals surface area (Å²) in [5.74, 6) is -0.680. The van der Waals surface area contributed by atoms with Crippen molar-refractivity contribution in [2.24, 2.45) is 0 Å². The molecule has 1 saturated heterocycles. The van der Waals surface area contributed by atoms with Crippen molar-refractivity contribution in [3.63, 3.8) is 0 Å². The lowest BCUT2D eigenvalue weighted by Gasteiger charge is -2.26. The maximum Gasteiger partial charge on any atom is 0.419 e. The van der Waals surface area contributed by atoms with Gasteiger partial charge in [0.25, 0.3) is 0 Å². The Morgan fingerprint density at radius 1 is 1.14 bits per heavy atom. The van der Waals surface area contributed by atoms with Crippen LogP contribution in [0, 0.1) is 5.82 Å². The highest BCUT2D eigenvalue weighted by Gasteiger charge is 2.18. The molecule has 0 bridgehead atoms. The van der Waals surface area contributed by atoms with Crippen LogP contribution < -0.4 is 5.76 Å². The van der Waals surface area contributed by atoms with Crippen LogP contribution in [0.15, 0.2) is 39.7 Å². The fourth-order valence-electron chi connectivity index (χ4n) is 2.62. The van der Waals surface area contributed by atoms with Crippen LogP contribution in [0.2, 0.25) is 0 Å². The molecule has 22 heavy (non-hydrogen) atoms. The molecule has 1 amide bonds. The number of likely N-dealkylation sites (tertiary alicyclic amines) is 1. The van der Waals surface area contributed by atoms with E-state index in [0.717, 1.165) is 32.4 Å². The Morgan fingerprint density at radius 2 is 1.82 bits per heavy atom. The zero-order chi connectivity index (χ0) is 15.5. The third kappa shape index (κ3) is 3.10. The molecular weight excluding hydrogens is 287 g/mol. The van der Waals surface area contributed by atoms with Crippen molar-refractivity contribution in [2.75, 3.05) is 13.1 Å². The third-order valence-corrected chi connectivity index (χ3v) is 3.85. The van der Waals surface area contributed by atoms with Crippen LogP contribution in [0.5, 0.6) is 0 Å². The molecule has 1 aliphatic rings. The van der Waals surface area contributed by atoms with Crippen molar-refractivity contribution in [3.8, 4) is 11.3 Å². The molecule has 6 heteroatoms. The minimum Gasteiger partial charge on any atom is -0.408 e. The zero-order valence-electron chi connectivity index (χ0n) is 12.1. The van der Waals surface area contributed by atoms with Crippen LogP contribution in [0.25, 0.3) is 11.3 Å². The normalized spacial score (nSPS) is 15.0. The highest BCUT2D eigenvalue weighted by atomic mass is 19.1. The van der Waals surface area contributed by atoms with Crippen LogP contribution >= 0.6 is 0 Å². The van der Waals surface area contributed by atoms with E-state index in [2.05, 4.69) is 0 Å². The van der Waals surface area contributed by atoms with E-state index in [1.54, 1.807) is 4.90 Å². The summed E-state index contributed by atoms with van der Waals surface area (Å²) in [5.41, 5.74) is 0.600. The van der Waals surface area contributed by atoms with Gasteiger partial charge in [-0.05, 0) is 43.5 Å². The van der Waals surface area contributed by atoms with Gasteiger partial charge in [0, 0.05) is 18.7 Å². The van der Waals surface area contributed by atoms with E-state index >= 15 is 0 Å². The van der Waals surface area contributed by atoms with Crippen molar-refractivity contribution < 1.29 is 13.6 Å². The van der Waals surface area contributed by atoms with Gasteiger partial charge in [-0.3, -0.25) is 9.36 Å². The summed E-state index contributed by atoms with van der Waals surface area (Å²) in [5, 5.41) is 0. The SMILES string of the molecule is O=C(Cn1cc(-c2ccc(F)cc2)oc1=O)N1CCCCC1. The first-order chi connectivity index (χ1) is 10.6. The van der Waals surface area contributed by atoms with Crippen LogP contribution in [-0.4, -0.2) is 28.5 Å². The molecule has 2 heterocycles. The van der Waals surface area contributed by atoms with E-state index in [-0.39, 0.29) is 18.3 Å². The Hall–Kier alpha value is -2.37. The summed E-state index contributed by atoms with van der Waals surface area (Å²) in [6.45, 7) is 1.47. The summed E-state index contributed by atoms with van der Waals surface area (Å²) in [6.07, 6.45) is 4.65. The monoisotopic (exact) mass is 304 g/mol. The van der Waals surface area contributed by atoms with Crippen LogP contribution in [0.4, 0.5) is 4.39 Å². The van der Waals surface area contributed by atoms with Crippen molar-refractivity contribution in [3.05, 3.63) is 46.8 Å². The first-order valence-electron chi connectivity index (χ1n) is 7.37. The molecule has 1 aromatic heterocycles. The molecule has 3 rings (SSSR count). The van der Waals surface area contributed by atoms with Crippen LogP contribution in [0.3, 0.4) is 0 Å². The van der Waals surface area contributed by atoms with E-state index in [0.29, 0.717) is 11.3 Å². The number of halogens is 1. The molecule has 0 N–H and O–H groups in total. The summed E-state index contributed by atoms with van der Waals surface area (Å²) < 4.78 is 19.3. The quantitative estimate of drug-likeness (QED) is 0.874. The third-order valence-electron chi connectivity index (χ3n) is 3.85. The lowest BCUT2D eigenvalue weighted by molar-refractivity contribution is -0.132. The van der Waals surface area contributed by atoms with Crippen molar-refractivity contribution in [2.45, 2.75) is 25.8 Å². The van der Waals surface area contributed by atoms with Crippen LogP contribution in [0.1, 0.15) is 19.3 Å². The number of benzene rings is 1. The second kappa shape index (κ2) is 6.17. The minimum absolute atomic E-state index is 0.0243. The lowest BCUT2D eigenvalue weighted by atomic mass is 10.1. The number of aromatic nitrogens is 1. The molecule has 1 aromatic carbocycles. The number of hydrogen-bond donors (Lipinski definition) is 0. The number of amides is 1. The summed E-state index contributed by atoms with van der Waals surface area (Å²) in [4.78, 5) is 25.8. The maximum absolute atomic E-state index is 12.9. The molecule has 0 unspecified atom stereocenters. The number of rotatable bonds is 3. The molecule has 1 aliphatic heterocycles. The molecule has 116 valence electrons. The average Bonchev–Trinajstić information content (AvgIpc) is 2.90. The minimum atomic E-state index is -0.579. The lowest BCUT2D eigenvalue weighted by Crippen LogP contribution is -2.38. The Bertz CT molecular complexity index is 712.